The molecule has 0 unspecified atom stereocenters. The summed E-state index contributed by atoms with van der Waals surface area (Å²) < 4.78 is 10.7. The molecule has 1 fully saturated rings. The van der Waals surface area contributed by atoms with Crippen LogP contribution < -0.4 is 4.74 Å². The monoisotopic (exact) mass is 287 g/mol. The molecule has 1 N–H and O–H groups in total. The summed E-state index contributed by atoms with van der Waals surface area (Å²) in [6.07, 6.45) is 4.13. The van der Waals surface area contributed by atoms with Crippen molar-refractivity contribution in [1.29, 1.82) is 0 Å². The lowest BCUT2D eigenvalue weighted by atomic mass is 9.97. The minimum absolute atomic E-state index is 0.159. The second-order valence-corrected chi connectivity index (χ2v) is 5.26. The lowest BCUT2D eigenvalue weighted by molar-refractivity contribution is 0.0694. The second-order valence-electron chi connectivity index (χ2n) is 5.26. The Morgan fingerprint density at radius 2 is 2.05 bits per heavy atom. The molecule has 0 radical (unpaired) electrons. The molecule has 1 heterocycles. The molecule has 1 aliphatic carbocycles. The molecule has 1 aromatic carbocycles. The molecule has 2 aromatic rings. The molecule has 0 bridgehead atoms. The number of hydrogen-bond acceptors (Lipinski definition) is 4. The lowest BCUT2D eigenvalue weighted by Crippen LogP contribution is -2.04. The van der Waals surface area contributed by atoms with Crippen LogP contribution in [0.4, 0.5) is 0 Å². The molecule has 21 heavy (non-hydrogen) atoms. The highest BCUT2D eigenvalue weighted by Gasteiger charge is 2.31. The molecule has 0 aliphatic heterocycles. The van der Waals surface area contributed by atoms with Crippen LogP contribution in [0, 0.1) is 0 Å². The van der Waals surface area contributed by atoms with Gasteiger partial charge in [0.25, 0.3) is 0 Å². The van der Waals surface area contributed by atoms with Crippen molar-refractivity contribution in [2.75, 3.05) is 7.11 Å². The molecule has 0 amide bonds. The van der Waals surface area contributed by atoms with Crippen molar-refractivity contribution in [3.05, 3.63) is 35.6 Å². The number of benzene rings is 1. The van der Waals surface area contributed by atoms with Gasteiger partial charge in [-0.3, -0.25) is 0 Å². The minimum atomic E-state index is -1.00. The first-order valence-corrected chi connectivity index (χ1v) is 7.08. The normalized spacial score (nSPS) is 15.3. The van der Waals surface area contributed by atoms with Gasteiger partial charge in [0, 0.05) is 11.5 Å². The molecule has 0 spiro atoms. The topological polar surface area (TPSA) is 72.6 Å². The van der Waals surface area contributed by atoms with Crippen LogP contribution in [0.1, 0.15) is 47.7 Å². The maximum absolute atomic E-state index is 11.7. The molecular formula is C16H17NO4. The van der Waals surface area contributed by atoms with Gasteiger partial charge < -0.3 is 14.4 Å². The SMILES string of the molecule is COc1ccccc1-c1noc(C2CCCC2)c1C(=O)O. The van der Waals surface area contributed by atoms with E-state index in [-0.39, 0.29) is 11.5 Å². The molecule has 5 nitrogen and oxygen atoms in total. The number of aromatic carboxylic acids is 1. The third kappa shape index (κ3) is 2.39. The number of carbonyl (C=O) groups is 1. The van der Waals surface area contributed by atoms with Crippen LogP contribution in [0.2, 0.25) is 0 Å². The molecule has 110 valence electrons. The minimum Gasteiger partial charge on any atom is -0.496 e. The van der Waals surface area contributed by atoms with Crippen molar-refractivity contribution in [2.45, 2.75) is 31.6 Å². The second kappa shape index (κ2) is 5.60. The number of rotatable bonds is 4. The van der Waals surface area contributed by atoms with Gasteiger partial charge in [-0.2, -0.15) is 0 Å². The highest BCUT2D eigenvalue weighted by atomic mass is 16.5. The van der Waals surface area contributed by atoms with Crippen molar-refractivity contribution in [3.8, 4) is 17.0 Å². The number of ether oxygens (including phenoxy) is 1. The number of nitrogens with zero attached hydrogens (tertiary/aromatic N) is 1. The summed E-state index contributed by atoms with van der Waals surface area (Å²) >= 11 is 0. The number of carboxylic acid groups (broad SMARTS) is 1. The number of para-hydroxylation sites is 1. The maximum atomic E-state index is 11.7. The van der Waals surface area contributed by atoms with E-state index in [0.29, 0.717) is 22.8 Å². The van der Waals surface area contributed by atoms with E-state index in [9.17, 15) is 9.90 Å². The summed E-state index contributed by atoms with van der Waals surface area (Å²) in [7, 11) is 1.55. The smallest absolute Gasteiger partial charge is 0.341 e. The zero-order valence-corrected chi connectivity index (χ0v) is 11.8. The van der Waals surface area contributed by atoms with Gasteiger partial charge in [-0.15, -0.1) is 0 Å². The van der Waals surface area contributed by atoms with E-state index in [1.807, 2.05) is 12.1 Å². The van der Waals surface area contributed by atoms with Crippen LogP contribution in [0.3, 0.4) is 0 Å². The highest BCUT2D eigenvalue weighted by molar-refractivity contribution is 5.96. The van der Waals surface area contributed by atoms with Gasteiger partial charge in [0.1, 0.15) is 17.0 Å². The number of methoxy groups -OCH3 is 1. The van der Waals surface area contributed by atoms with Crippen LogP contribution in [0.25, 0.3) is 11.3 Å². The summed E-state index contributed by atoms with van der Waals surface area (Å²) in [6, 6.07) is 7.24. The third-order valence-electron chi connectivity index (χ3n) is 4.02. The number of hydrogen-bond donors (Lipinski definition) is 1. The Balaban J connectivity index is 2.12. The van der Waals surface area contributed by atoms with Crippen molar-refractivity contribution in [1.82, 2.24) is 5.16 Å². The molecule has 3 rings (SSSR count). The van der Waals surface area contributed by atoms with Gasteiger partial charge in [-0.05, 0) is 25.0 Å². The van der Waals surface area contributed by atoms with Crippen LogP contribution in [-0.2, 0) is 0 Å². The molecule has 1 saturated carbocycles. The van der Waals surface area contributed by atoms with E-state index in [4.69, 9.17) is 9.26 Å². The van der Waals surface area contributed by atoms with E-state index >= 15 is 0 Å². The predicted molar refractivity (Wildman–Crippen MR) is 76.7 cm³/mol. The molecular weight excluding hydrogens is 270 g/mol. The first-order chi connectivity index (χ1) is 10.2. The van der Waals surface area contributed by atoms with E-state index in [1.54, 1.807) is 19.2 Å². The van der Waals surface area contributed by atoms with Crippen LogP contribution in [0.5, 0.6) is 5.75 Å². The number of carboxylic acids is 1. The summed E-state index contributed by atoms with van der Waals surface area (Å²) in [6.45, 7) is 0. The van der Waals surface area contributed by atoms with Crippen LogP contribution in [0.15, 0.2) is 28.8 Å². The quantitative estimate of drug-likeness (QED) is 0.928. The van der Waals surface area contributed by atoms with Gasteiger partial charge in [-0.1, -0.05) is 30.1 Å². The standard InChI is InChI=1S/C16H17NO4/c1-20-12-9-5-4-8-11(12)14-13(16(18)19)15(21-17-14)10-6-2-3-7-10/h4-5,8-10H,2-3,6-7H2,1H3,(H,18,19). The maximum Gasteiger partial charge on any atom is 0.341 e. The van der Waals surface area contributed by atoms with Crippen LogP contribution in [-0.4, -0.2) is 23.3 Å². The first kappa shape index (κ1) is 13.7. The first-order valence-electron chi connectivity index (χ1n) is 7.08. The Morgan fingerprint density at radius 3 is 2.71 bits per heavy atom. The summed E-state index contributed by atoms with van der Waals surface area (Å²) in [5, 5.41) is 13.6. The summed E-state index contributed by atoms with van der Waals surface area (Å²) in [4.78, 5) is 11.7. The Hall–Kier alpha value is -2.30. The Morgan fingerprint density at radius 1 is 1.33 bits per heavy atom. The zero-order valence-electron chi connectivity index (χ0n) is 11.8. The van der Waals surface area contributed by atoms with Crippen LogP contribution >= 0.6 is 0 Å². The van der Waals surface area contributed by atoms with E-state index in [2.05, 4.69) is 5.16 Å². The summed E-state index contributed by atoms with van der Waals surface area (Å²) in [5.41, 5.74) is 1.17. The molecule has 0 atom stereocenters. The zero-order chi connectivity index (χ0) is 14.8. The Bertz CT molecular complexity index is 656. The van der Waals surface area contributed by atoms with Gasteiger partial charge in [0.05, 0.1) is 7.11 Å². The van der Waals surface area contributed by atoms with Crippen molar-refractivity contribution in [2.24, 2.45) is 0 Å². The van der Waals surface area contributed by atoms with Gasteiger partial charge in [-0.25, -0.2) is 4.79 Å². The Labute approximate surface area is 122 Å². The third-order valence-corrected chi connectivity index (χ3v) is 4.02. The summed E-state index contributed by atoms with van der Waals surface area (Å²) in [5.74, 6) is 0.248. The van der Waals surface area contributed by atoms with Gasteiger partial charge >= 0.3 is 5.97 Å². The van der Waals surface area contributed by atoms with E-state index in [0.717, 1.165) is 25.7 Å². The van der Waals surface area contributed by atoms with Gasteiger partial charge in [0.2, 0.25) is 0 Å². The van der Waals surface area contributed by atoms with Crippen molar-refractivity contribution >= 4 is 5.97 Å². The molecule has 0 saturated heterocycles. The van der Waals surface area contributed by atoms with Crippen molar-refractivity contribution in [3.63, 3.8) is 0 Å². The van der Waals surface area contributed by atoms with E-state index < -0.39 is 5.97 Å². The molecule has 5 heteroatoms. The average Bonchev–Trinajstić information content (AvgIpc) is 3.15. The predicted octanol–water partition coefficient (Wildman–Crippen LogP) is 3.71. The molecule has 1 aliphatic rings. The van der Waals surface area contributed by atoms with E-state index in [1.165, 1.54) is 0 Å². The highest BCUT2D eigenvalue weighted by Crippen LogP contribution is 2.40. The fourth-order valence-electron chi connectivity index (χ4n) is 3.00. The molecule has 1 aromatic heterocycles. The lowest BCUT2D eigenvalue weighted by Gasteiger charge is -2.07. The Kier molecular flexibility index (Phi) is 3.64. The van der Waals surface area contributed by atoms with Gasteiger partial charge in [0.15, 0.2) is 5.76 Å². The fraction of sp³-hybridized carbons (Fsp3) is 0.375. The average molecular weight is 287 g/mol. The fourth-order valence-corrected chi connectivity index (χ4v) is 3.00. The van der Waals surface area contributed by atoms with Crippen molar-refractivity contribution < 1.29 is 19.2 Å². The largest absolute Gasteiger partial charge is 0.496 e. The number of aromatic nitrogens is 1.